The maximum absolute atomic E-state index is 12.6. The van der Waals surface area contributed by atoms with Crippen molar-refractivity contribution in [2.45, 2.75) is 58.0 Å². The molecule has 9 heteroatoms. The van der Waals surface area contributed by atoms with Gasteiger partial charge in [0, 0.05) is 19.2 Å². The van der Waals surface area contributed by atoms with E-state index in [1.54, 1.807) is 24.6 Å². The summed E-state index contributed by atoms with van der Waals surface area (Å²) in [6.07, 6.45) is 2.78. The Morgan fingerprint density at radius 3 is 2.64 bits per heavy atom. The molecule has 3 rings (SSSR count). The van der Waals surface area contributed by atoms with Gasteiger partial charge in [-0.1, -0.05) is 0 Å². The Kier molecular flexibility index (Phi) is 4.79. The van der Waals surface area contributed by atoms with Crippen LogP contribution in [0, 0.1) is 13.8 Å². The molecule has 2 aromatic heterocycles. The van der Waals surface area contributed by atoms with Gasteiger partial charge >= 0.3 is 0 Å². The highest BCUT2D eigenvalue weighted by Gasteiger charge is 2.24. The maximum Gasteiger partial charge on any atom is 0.267 e. The molecule has 0 amide bonds. The third kappa shape index (κ3) is 3.38. The van der Waals surface area contributed by atoms with Crippen LogP contribution in [0.2, 0.25) is 0 Å². The van der Waals surface area contributed by atoms with Crippen LogP contribution >= 0.6 is 0 Å². The first-order chi connectivity index (χ1) is 11.8. The Morgan fingerprint density at radius 2 is 1.96 bits per heavy atom. The SMILES string of the molecule is CCn1nc(C)c(S(=O)(=O)NCCn2nc3c(cc2=O)CCC3)c1C. The predicted octanol–water partition coefficient (Wildman–Crippen LogP) is 0.544. The zero-order valence-corrected chi connectivity index (χ0v) is 15.6. The minimum absolute atomic E-state index is 0.101. The third-order valence-corrected chi connectivity index (χ3v) is 6.24. The summed E-state index contributed by atoms with van der Waals surface area (Å²) in [7, 11) is -3.68. The Balaban J connectivity index is 1.74. The van der Waals surface area contributed by atoms with Gasteiger partial charge in [-0.2, -0.15) is 10.2 Å². The number of sulfonamides is 1. The van der Waals surface area contributed by atoms with Crippen LogP contribution in [0.4, 0.5) is 0 Å². The van der Waals surface area contributed by atoms with Crippen molar-refractivity contribution in [3.63, 3.8) is 0 Å². The van der Waals surface area contributed by atoms with Gasteiger partial charge in [0.2, 0.25) is 10.0 Å². The van der Waals surface area contributed by atoms with E-state index < -0.39 is 10.0 Å². The standard InChI is InChI=1S/C16H23N5O3S/c1-4-20-12(3)16(11(2)18-20)25(23,24)17-8-9-21-15(22)10-13-6-5-7-14(13)19-21/h10,17H,4-9H2,1-3H3. The van der Waals surface area contributed by atoms with Crippen molar-refractivity contribution in [3.8, 4) is 0 Å². The molecular weight excluding hydrogens is 342 g/mol. The fourth-order valence-electron chi connectivity index (χ4n) is 3.33. The molecule has 0 aromatic carbocycles. The van der Waals surface area contributed by atoms with E-state index in [1.165, 1.54) is 4.68 Å². The fraction of sp³-hybridized carbons (Fsp3) is 0.562. The van der Waals surface area contributed by atoms with E-state index in [9.17, 15) is 13.2 Å². The van der Waals surface area contributed by atoms with Crippen LogP contribution < -0.4 is 10.3 Å². The van der Waals surface area contributed by atoms with E-state index in [4.69, 9.17) is 0 Å². The van der Waals surface area contributed by atoms with E-state index in [2.05, 4.69) is 14.9 Å². The molecule has 0 aliphatic heterocycles. The van der Waals surface area contributed by atoms with Crippen LogP contribution in [-0.2, 0) is 36.0 Å². The summed E-state index contributed by atoms with van der Waals surface area (Å²) in [4.78, 5) is 12.3. The van der Waals surface area contributed by atoms with Crippen LogP contribution in [-0.4, -0.2) is 34.5 Å². The molecule has 8 nitrogen and oxygen atoms in total. The molecule has 1 aliphatic carbocycles. The van der Waals surface area contributed by atoms with Gasteiger partial charge < -0.3 is 0 Å². The lowest BCUT2D eigenvalue weighted by molar-refractivity contribution is 0.541. The molecule has 25 heavy (non-hydrogen) atoms. The Hall–Kier alpha value is -2.00. The quantitative estimate of drug-likeness (QED) is 0.806. The maximum atomic E-state index is 12.6. The van der Waals surface area contributed by atoms with Gasteiger partial charge in [-0.05, 0) is 45.6 Å². The van der Waals surface area contributed by atoms with E-state index in [1.807, 2.05) is 6.92 Å². The smallest absolute Gasteiger partial charge is 0.267 e. The van der Waals surface area contributed by atoms with Crippen LogP contribution in [0.5, 0.6) is 0 Å². The van der Waals surface area contributed by atoms with Gasteiger partial charge in [0.05, 0.1) is 23.6 Å². The molecule has 0 fully saturated rings. The second-order valence-electron chi connectivity index (χ2n) is 6.24. The van der Waals surface area contributed by atoms with Gasteiger partial charge in [-0.25, -0.2) is 17.8 Å². The summed E-state index contributed by atoms with van der Waals surface area (Å²) in [5.41, 5.74) is 2.85. The summed E-state index contributed by atoms with van der Waals surface area (Å²) in [6, 6.07) is 1.61. The number of nitrogens with zero attached hydrogens (tertiary/aromatic N) is 4. The summed E-state index contributed by atoms with van der Waals surface area (Å²) >= 11 is 0. The number of hydrogen-bond donors (Lipinski definition) is 1. The first-order valence-corrected chi connectivity index (χ1v) is 9.95. The van der Waals surface area contributed by atoms with E-state index in [0.717, 1.165) is 30.5 Å². The Bertz CT molecular complexity index is 959. The summed E-state index contributed by atoms with van der Waals surface area (Å²) in [6.45, 7) is 6.24. The van der Waals surface area contributed by atoms with E-state index >= 15 is 0 Å². The van der Waals surface area contributed by atoms with Gasteiger partial charge in [-0.3, -0.25) is 9.48 Å². The van der Waals surface area contributed by atoms with Crippen molar-refractivity contribution in [2.75, 3.05) is 6.54 Å². The minimum Gasteiger partial charge on any atom is -0.268 e. The molecule has 2 aromatic rings. The van der Waals surface area contributed by atoms with Crippen molar-refractivity contribution in [1.29, 1.82) is 0 Å². The largest absolute Gasteiger partial charge is 0.268 e. The summed E-state index contributed by atoms with van der Waals surface area (Å²) < 4.78 is 30.7. The average molecular weight is 365 g/mol. The monoisotopic (exact) mass is 365 g/mol. The molecule has 0 spiro atoms. The number of hydrogen-bond acceptors (Lipinski definition) is 5. The topological polar surface area (TPSA) is 98.9 Å². The highest BCUT2D eigenvalue weighted by molar-refractivity contribution is 7.89. The van der Waals surface area contributed by atoms with Gasteiger partial charge in [-0.15, -0.1) is 0 Å². The zero-order chi connectivity index (χ0) is 18.2. The van der Waals surface area contributed by atoms with Crippen molar-refractivity contribution >= 4 is 10.0 Å². The van der Waals surface area contributed by atoms with Crippen LogP contribution in [0.1, 0.15) is 36.0 Å². The molecule has 136 valence electrons. The molecule has 0 bridgehead atoms. The average Bonchev–Trinajstić information content (AvgIpc) is 3.10. The second-order valence-corrected chi connectivity index (χ2v) is 7.95. The highest BCUT2D eigenvalue weighted by atomic mass is 32.2. The molecule has 2 heterocycles. The second kappa shape index (κ2) is 6.72. The lowest BCUT2D eigenvalue weighted by Gasteiger charge is -2.09. The lowest BCUT2D eigenvalue weighted by atomic mass is 10.2. The van der Waals surface area contributed by atoms with Gasteiger partial charge in [0.1, 0.15) is 4.90 Å². The molecule has 1 aliphatic rings. The number of nitrogens with one attached hydrogen (secondary N) is 1. The van der Waals surface area contributed by atoms with Crippen molar-refractivity contribution < 1.29 is 8.42 Å². The van der Waals surface area contributed by atoms with Crippen molar-refractivity contribution in [2.24, 2.45) is 0 Å². The van der Waals surface area contributed by atoms with Crippen LogP contribution in [0.3, 0.4) is 0 Å². The number of fused-ring (bicyclic) bond motifs is 1. The van der Waals surface area contributed by atoms with Crippen molar-refractivity contribution in [1.82, 2.24) is 24.3 Å². The fourth-order valence-corrected chi connectivity index (χ4v) is 4.76. The molecule has 0 saturated carbocycles. The molecule has 0 saturated heterocycles. The van der Waals surface area contributed by atoms with Crippen LogP contribution in [0.25, 0.3) is 0 Å². The van der Waals surface area contributed by atoms with E-state index in [0.29, 0.717) is 17.9 Å². The van der Waals surface area contributed by atoms with E-state index in [-0.39, 0.29) is 23.5 Å². The minimum atomic E-state index is -3.68. The first-order valence-electron chi connectivity index (χ1n) is 8.47. The van der Waals surface area contributed by atoms with Gasteiger partial charge in [0.15, 0.2) is 0 Å². The molecule has 0 unspecified atom stereocenters. The number of aromatic nitrogens is 4. The molecule has 1 N–H and O–H groups in total. The molecular formula is C16H23N5O3S. The number of aryl methyl sites for hydroxylation is 4. The lowest BCUT2D eigenvalue weighted by Crippen LogP contribution is -2.33. The molecule has 0 atom stereocenters. The highest BCUT2D eigenvalue weighted by Crippen LogP contribution is 2.19. The Morgan fingerprint density at radius 1 is 1.20 bits per heavy atom. The molecule has 0 radical (unpaired) electrons. The third-order valence-electron chi connectivity index (χ3n) is 4.52. The zero-order valence-electron chi connectivity index (χ0n) is 14.7. The first kappa shape index (κ1) is 17.8. The van der Waals surface area contributed by atoms with Crippen molar-refractivity contribution in [3.05, 3.63) is 39.1 Å². The van der Waals surface area contributed by atoms with Crippen LogP contribution in [0.15, 0.2) is 15.8 Å². The Labute approximate surface area is 146 Å². The predicted molar refractivity (Wildman–Crippen MR) is 93.1 cm³/mol. The summed E-state index contributed by atoms with van der Waals surface area (Å²) in [5, 5.41) is 8.60. The van der Waals surface area contributed by atoms with Gasteiger partial charge in [0.25, 0.3) is 5.56 Å². The normalized spacial score (nSPS) is 14.0. The summed E-state index contributed by atoms with van der Waals surface area (Å²) in [5.74, 6) is 0. The number of rotatable bonds is 6.